The van der Waals surface area contributed by atoms with Crippen molar-refractivity contribution in [1.29, 1.82) is 0 Å². The molecular formula is C12H26IN3O4S. The third-order valence-electron chi connectivity index (χ3n) is 2.85. The number of rotatable bonds is 8. The number of guanidine groups is 1. The summed E-state index contributed by atoms with van der Waals surface area (Å²) in [5.74, 6) is 1.08. The monoisotopic (exact) mass is 435 g/mol. The number of sulfone groups is 1. The summed E-state index contributed by atoms with van der Waals surface area (Å²) >= 11 is 0. The second kappa shape index (κ2) is 11.4. The van der Waals surface area contributed by atoms with Crippen molar-refractivity contribution in [3.05, 3.63) is 0 Å². The van der Waals surface area contributed by atoms with E-state index in [4.69, 9.17) is 9.47 Å². The Morgan fingerprint density at radius 3 is 2.67 bits per heavy atom. The van der Waals surface area contributed by atoms with E-state index in [0.29, 0.717) is 38.7 Å². The molecule has 7 nitrogen and oxygen atoms in total. The maximum atomic E-state index is 11.4. The summed E-state index contributed by atoms with van der Waals surface area (Å²) < 4.78 is 33.0. The smallest absolute Gasteiger partial charge is 0.191 e. The Labute approximate surface area is 144 Å². The molecule has 1 saturated heterocycles. The van der Waals surface area contributed by atoms with Crippen molar-refractivity contribution < 1.29 is 17.9 Å². The Kier molecular flexibility index (Phi) is 11.4. The fourth-order valence-corrected chi connectivity index (χ4v) is 3.56. The molecule has 0 bridgehead atoms. The fraction of sp³-hybridized carbons (Fsp3) is 0.917. The van der Waals surface area contributed by atoms with E-state index in [1.54, 1.807) is 7.11 Å². The molecule has 126 valence electrons. The van der Waals surface area contributed by atoms with Crippen LogP contribution in [-0.4, -0.2) is 71.9 Å². The maximum absolute atomic E-state index is 11.4. The molecule has 1 aliphatic heterocycles. The average Bonchev–Trinajstić information content (AvgIpc) is 2.73. The largest absolute Gasteiger partial charge is 0.382 e. The lowest BCUT2D eigenvalue weighted by atomic mass is 10.3. The van der Waals surface area contributed by atoms with Gasteiger partial charge in [0, 0.05) is 19.7 Å². The van der Waals surface area contributed by atoms with E-state index in [9.17, 15) is 8.42 Å². The predicted molar refractivity (Wildman–Crippen MR) is 94.3 cm³/mol. The molecule has 9 heteroatoms. The number of hydrogen-bond donors (Lipinski definition) is 2. The fourth-order valence-electron chi connectivity index (χ4n) is 1.89. The highest BCUT2D eigenvalue weighted by Gasteiger charge is 2.28. The van der Waals surface area contributed by atoms with Gasteiger partial charge in [-0.2, -0.15) is 0 Å². The number of nitrogens with zero attached hydrogens (tertiary/aromatic N) is 1. The SMILES string of the molecule is CCNC(=NCCOCCOC)NC1CCS(=O)(=O)C1.I. The molecule has 0 aromatic carbocycles. The number of nitrogens with one attached hydrogen (secondary N) is 2. The predicted octanol–water partition coefficient (Wildman–Crippen LogP) is 0.00960. The minimum atomic E-state index is -2.88. The molecule has 0 spiro atoms. The summed E-state index contributed by atoms with van der Waals surface area (Å²) in [6.45, 7) is 4.87. The lowest BCUT2D eigenvalue weighted by Crippen LogP contribution is -2.44. The van der Waals surface area contributed by atoms with Gasteiger partial charge >= 0.3 is 0 Å². The van der Waals surface area contributed by atoms with E-state index in [0.717, 1.165) is 6.54 Å². The van der Waals surface area contributed by atoms with E-state index < -0.39 is 9.84 Å². The zero-order chi connectivity index (χ0) is 14.8. The Bertz CT molecular complexity index is 403. The van der Waals surface area contributed by atoms with Crippen LogP contribution in [0.2, 0.25) is 0 Å². The number of aliphatic imine (C=N–C) groups is 1. The third-order valence-corrected chi connectivity index (χ3v) is 4.62. The molecular weight excluding hydrogens is 409 g/mol. The molecule has 1 fully saturated rings. The molecule has 1 rings (SSSR count). The van der Waals surface area contributed by atoms with Gasteiger partial charge in [-0.1, -0.05) is 0 Å². The van der Waals surface area contributed by atoms with Gasteiger partial charge in [0.05, 0.1) is 37.9 Å². The molecule has 1 heterocycles. The van der Waals surface area contributed by atoms with Gasteiger partial charge in [-0.05, 0) is 13.3 Å². The van der Waals surface area contributed by atoms with Crippen LogP contribution in [0.15, 0.2) is 4.99 Å². The van der Waals surface area contributed by atoms with Crippen LogP contribution in [0.4, 0.5) is 0 Å². The van der Waals surface area contributed by atoms with Crippen molar-refractivity contribution in [3.63, 3.8) is 0 Å². The van der Waals surface area contributed by atoms with Gasteiger partial charge in [-0.15, -0.1) is 24.0 Å². The molecule has 0 radical (unpaired) electrons. The van der Waals surface area contributed by atoms with Crippen molar-refractivity contribution in [1.82, 2.24) is 10.6 Å². The van der Waals surface area contributed by atoms with Crippen molar-refractivity contribution in [3.8, 4) is 0 Å². The minimum absolute atomic E-state index is 0. The number of halogens is 1. The van der Waals surface area contributed by atoms with Gasteiger partial charge in [0.2, 0.25) is 0 Å². The van der Waals surface area contributed by atoms with Crippen LogP contribution < -0.4 is 10.6 Å². The quantitative estimate of drug-likeness (QED) is 0.242. The first-order valence-electron chi connectivity index (χ1n) is 6.89. The van der Waals surface area contributed by atoms with Gasteiger partial charge in [0.15, 0.2) is 15.8 Å². The summed E-state index contributed by atoms with van der Waals surface area (Å²) in [7, 11) is -1.25. The van der Waals surface area contributed by atoms with Gasteiger partial charge in [0.25, 0.3) is 0 Å². The lowest BCUT2D eigenvalue weighted by molar-refractivity contribution is 0.0748. The highest BCUT2D eigenvalue weighted by molar-refractivity contribution is 14.0. The molecule has 1 unspecified atom stereocenters. The second-order valence-electron chi connectivity index (χ2n) is 4.61. The van der Waals surface area contributed by atoms with Crippen molar-refractivity contribution in [2.75, 3.05) is 51.5 Å². The molecule has 0 amide bonds. The highest BCUT2D eigenvalue weighted by atomic mass is 127. The van der Waals surface area contributed by atoms with Crippen molar-refractivity contribution in [2.24, 2.45) is 4.99 Å². The molecule has 21 heavy (non-hydrogen) atoms. The Morgan fingerprint density at radius 1 is 1.33 bits per heavy atom. The van der Waals surface area contributed by atoms with E-state index in [-0.39, 0.29) is 41.5 Å². The van der Waals surface area contributed by atoms with Gasteiger partial charge in [0.1, 0.15) is 0 Å². The molecule has 0 aliphatic carbocycles. The van der Waals surface area contributed by atoms with E-state index in [1.165, 1.54) is 0 Å². The summed E-state index contributed by atoms with van der Waals surface area (Å²) in [6, 6.07) is -0.0489. The zero-order valence-electron chi connectivity index (χ0n) is 12.6. The Morgan fingerprint density at radius 2 is 2.10 bits per heavy atom. The topological polar surface area (TPSA) is 89.0 Å². The number of ether oxygens (including phenoxy) is 2. The first kappa shape index (κ1) is 20.9. The van der Waals surface area contributed by atoms with Crippen molar-refractivity contribution in [2.45, 2.75) is 19.4 Å². The van der Waals surface area contributed by atoms with Gasteiger partial charge < -0.3 is 20.1 Å². The molecule has 0 aromatic heterocycles. The van der Waals surface area contributed by atoms with Crippen LogP contribution >= 0.6 is 24.0 Å². The first-order valence-corrected chi connectivity index (χ1v) is 8.71. The van der Waals surface area contributed by atoms with E-state index in [1.807, 2.05) is 6.92 Å². The Balaban J connectivity index is 0.00000400. The zero-order valence-corrected chi connectivity index (χ0v) is 15.8. The molecule has 0 saturated carbocycles. The van der Waals surface area contributed by atoms with Gasteiger partial charge in [-0.25, -0.2) is 8.42 Å². The first-order chi connectivity index (χ1) is 9.57. The van der Waals surface area contributed by atoms with Crippen LogP contribution in [0, 0.1) is 0 Å². The Hall–Kier alpha value is -0.130. The molecule has 0 aromatic rings. The summed E-state index contributed by atoms with van der Waals surface area (Å²) in [6.07, 6.45) is 0.636. The maximum Gasteiger partial charge on any atom is 0.191 e. The van der Waals surface area contributed by atoms with Crippen LogP contribution in [0.3, 0.4) is 0 Å². The van der Waals surface area contributed by atoms with Crippen LogP contribution in [0.25, 0.3) is 0 Å². The summed E-state index contributed by atoms with van der Waals surface area (Å²) in [5, 5.41) is 6.26. The van der Waals surface area contributed by atoms with Crippen LogP contribution in [0.1, 0.15) is 13.3 Å². The van der Waals surface area contributed by atoms with E-state index in [2.05, 4.69) is 15.6 Å². The summed E-state index contributed by atoms with van der Waals surface area (Å²) in [5.41, 5.74) is 0. The second-order valence-corrected chi connectivity index (χ2v) is 6.84. The molecule has 1 atom stereocenters. The van der Waals surface area contributed by atoms with Crippen LogP contribution in [0.5, 0.6) is 0 Å². The van der Waals surface area contributed by atoms with Crippen molar-refractivity contribution >= 4 is 39.8 Å². The number of hydrogen-bond acceptors (Lipinski definition) is 5. The molecule has 1 aliphatic rings. The van der Waals surface area contributed by atoms with Crippen LogP contribution in [-0.2, 0) is 19.3 Å². The highest BCUT2D eigenvalue weighted by Crippen LogP contribution is 2.10. The van der Waals surface area contributed by atoms with E-state index >= 15 is 0 Å². The standard InChI is InChI=1S/C12H25N3O4S.HI/c1-3-13-12(14-5-6-19-8-7-18-2)15-11-4-9-20(16,17)10-11;/h11H,3-10H2,1-2H3,(H2,13,14,15);1H. The average molecular weight is 435 g/mol. The molecule has 2 N–H and O–H groups in total. The lowest BCUT2D eigenvalue weighted by Gasteiger charge is -2.15. The number of methoxy groups -OCH3 is 1. The third kappa shape index (κ3) is 9.48. The normalized spacial score (nSPS) is 20.9. The van der Waals surface area contributed by atoms with Gasteiger partial charge in [-0.3, -0.25) is 4.99 Å². The summed E-state index contributed by atoms with van der Waals surface area (Å²) in [4.78, 5) is 4.36. The minimum Gasteiger partial charge on any atom is -0.382 e.